The molecular weight excluding hydrogens is 230 g/mol. The van der Waals surface area contributed by atoms with Gasteiger partial charge < -0.3 is 15.9 Å². The van der Waals surface area contributed by atoms with Crippen LogP contribution in [-0.2, 0) is 6.54 Å². The van der Waals surface area contributed by atoms with Crippen LogP contribution in [0, 0.1) is 0 Å². The van der Waals surface area contributed by atoms with Gasteiger partial charge >= 0.3 is 0 Å². The number of carbonyl (C=O) groups is 1. The van der Waals surface area contributed by atoms with Crippen molar-refractivity contribution in [1.29, 1.82) is 0 Å². The van der Waals surface area contributed by atoms with E-state index in [1.807, 2.05) is 0 Å². The highest BCUT2D eigenvalue weighted by Crippen LogP contribution is 2.36. The van der Waals surface area contributed by atoms with Crippen molar-refractivity contribution in [2.75, 3.05) is 0 Å². The van der Waals surface area contributed by atoms with Gasteiger partial charge in [0.15, 0.2) is 6.29 Å². The molecule has 4 heteroatoms. The van der Waals surface area contributed by atoms with Gasteiger partial charge in [-0.15, -0.1) is 0 Å². The number of rotatable bonds is 3. The third-order valence-corrected chi connectivity index (χ3v) is 2.84. The number of benzene rings is 2. The van der Waals surface area contributed by atoms with Crippen LogP contribution in [-0.4, -0.2) is 16.5 Å². The number of hydrogen-bond donors (Lipinski definition) is 3. The highest BCUT2D eigenvalue weighted by molar-refractivity contribution is 5.86. The third kappa shape index (κ3) is 1.94. The van der Waals surface area contributed by atoms with E-state index in [4.69, 9.17) is 5.73 Å². The summed E-state index contributed by atoms with van der Waals surface area (Å²) < 4.78 is 0. The van der Waals surface area contributed by atoms with E-state index in [1.54, 1.807) is 24.3 Å². The van der Waals surface area contributed by atoms with Crippen LogP contribution in [0.3, 0.4) is 0 Å². The van der Waals surface area contributed by atoms with Gasteiger partial charge in [-0.05, 0) is 17.7 Å². The van der Waals surface area contributed by atoms with Crippen molar-refractivity contribution in [1.82, 2.24) is 0 Å². The quantitative estimate of drug-likeness (QED) is 0.720. The summed E-state index contributed by atoms with van der Waals surface area (Å²) in [4.78, 5) is 10.8. The highest BCUT2D eigenvalue weighted by Gasteiger charge is 2.13. The lowest BCUT2D eigenvalue weighted by Gasteiger charge is -2.12. The molecule has 0 spiro atoms. The summed E-state index contributed by atoms with van der Waals surface area (Å²) >= 11 is 0. The Bertz CT molecular complexity index is 594. The van der Waals surface area contributed by atoms with Crippen molar-refractivity contribution in [2.45, 2.75) is 6.54 Å². The molecule has 4 N–H and O–H groups in total. The molecule has 0 aliphatic rings. The van der Waals surface area contributed by atoms with Crippen molar-refractivity contribution >= 4 is 6.29 Å². The number of para-hydroxylation sites is 1. The monoisotopic (exact) mass is 243 g/mol. The van der Waals surface area contributed by atoms with Gasteiger partial charge in [-0.2, -0.15) is 0 Å². The van der Waals surface area contributed by atoms with Crippen LogP contribution in [0.5, 0.6) is 11.5 Å². The average molecular weight is 243 g/mol. The third-order valence-electron chi connectivity index (χ3n) is 2.84. The van der Waals surface area contributed by atoms with Crippen LogP contribution in [0.25, 0.3) is 11.1 Å². The number of phenolic OH excluding ortho intramolecular Hbond substituents is 2. The lowest BCUT2D eigenvalue weighted by molar-refractivity contribution is 0.112. The van der Waals surface area contributed by atoms with E-state index in [2.05, 4.69) is 0 Å². The predicted molar refractivity (Wildman–Crippen MR) is 68.5 cm³/mol. The Morgan fingerprint density at radius 2 is 1.72 bits per heavy atom. The van der Waals surface area contributed by atoms with Crippen LogP contribution in [0.2, 0.25) is 0 Å². The Kier molecular flexibility index (Phi) is 3.30. The molecule has 2 aromatic rings. The van der Waals surface area contributed by atoms with Crippen molar-refractivity contribution < 1.29 is 15.0 Å². The molecule has 0 atom stereocenters. The number of aldehydes is 1. The summed E-state index contributed by atoms with van der Waals surface area (Å²) in [6.07, 6.45) is 0.587. The fraction of sp³-hybridized carbons (Fsp3) is 0.0714. The molecule has 0 aromatic heterocycles. The van der Waals surface area contributed by atoms with Gasteiger partial charge in [0.2, 0.25) is 0 Å². The molecule has 0 aliphatic carbocycles. The molecule has 2 aromatic carbocycles. The van der Waals surface area contributed by atoms with E-state index in [-0.39, 0.29) is 23.6 Å². The summed E-state index contributed by atoms with van der Waals surface area (Å²) in [6.45, 7) is 0.146. The second-order valence-corrected chi connectivity index (χ2v) is 3.87. The number of aromatic hydroxyl groups is 2. The summed E-state index contributed by atoms with van der Waals surface area (Å²) in [5.41, 5.74) is 7.45. The van der Waals surface area contributed by atoms with E-state index in [0.717, 1.165) is 0 Å². The number of phenols is 2. The van der Waals surface area contributed by atoms with Crippen molar-refractivity contribution in [3.63, 3.8) is 0 Å². The van der Waals surface area contributed by atoms with E-state index < -0.39 is 0 Å². The fourth-order valence-corrected chi connectivity index (χ4v) is 1.92. The minimum Gasteiger partial charge on any atom is -0.508 e. The van der Waals surface area contributed by atoms with Crippen molar-refractivity contribution in [3.05, 3.63) is 47.5 Å². The SMILES string of the molecule is NCc1c(O)cccc1-c1cccc(C=O)c1O. The van der Waals surface area contributed by atoms with Gasteiger partial charge in [0.05, 0.1) is 5.56 Å². The maximum Gasteiger partial charge on any atom is 0.153 e. The lowest BCUT2D eigenvalue weighted by atomic mass is 9.96. The van der Waals surface area contributed by atoms with Crippen LogP contribution >= 0.6 is 0 Å². The minimum absolute atomic E-state index is 0.0749. The summed E-state index contributed by atoms with van der Waals surface area (Å²) in [7, 11) is 0. The van der Waals surface area contributed by atoms with E-state index in [1.165, 1.54) is 12.1 Å². The zero-order valence-electron chi connectivity index (χ0n) is 9.63. The normalized spacial score (nSPS) is 10.3. The molecule has 0 bridgehead atoms. The van der Waals surface area contributed by atoms with Crippen LogP contribution in [0.15, 0.2) is 36.4 Å². The molecular formula is C14H13NO3. The topological polar surface area (TPSA) is 83.5 Å². The van der Waals surface area contributed by atoms with Crippen molar-refractivity contribution in [2.24, 2.45) is 5.73 Å². The predicted octanol–water partition coefficient (Wildman–Crippen LogP) is 2.04. The zero-order valence-corrected chi connectivity index (χ0v) is 9.63. The number of hydrogen-bond acceptors (Lipinski definition) is 4. The maximum atomic E-state index is 10.8. The standard InChI is InChI=1S/C14H13NO3/c15-7-12-10(4-2-6-13(12)17)11-5-1-3-9(8-16)14(11)18/h1-6,8,17-18H,7,15H2. The fourth-order valence-electron chi connectivity index (χ4n) is 1.92. The minimum atomic E-state index is -0.104. The van der Waals surface area contributed by atoms with Gasteiger partial charge in [0.25, 0.3) is 0 Å². The first-order chi connectivity index (χ1) is 8.69. The smallest absolute Gasteiger partial charge is 0.153 e. The van der Waals surface area contributed by atoms with Crippen LogP contribution in [0.1, 0.15) is 15.9 Å². The molecule has 0 aliphatic heterocycles. The van der Waals surface area contributed by atoms with Gasteiger partial charge in [0.1, 0.15) is 11.5 Å². The summed E-state index contributed by atoms with van der Waals surface area (Å²) in [5.74, 6) is -0.0290. The molecule has 0 fully saturated rings. The second kappa shape index (κ2) is 4.89. The molecule has 0 saturated heterocycles. The molecule has 4 nitrogen and oxygen atoms in total. The molecule has 0 heterocycles. The number of nitrogens with two attached hydrogens (primary N) is 1. The molecule has 0 radical (unpaired) electrons. The average Bonchev–Trinajstić information content (AvgIpc) is 2.39. The first-order valence-electron chi connectivity index (χ1n) is 5.47. The van der Waals surface area contributed by atoms with E-state index in [0.29, 0.717) is 23.0 Å². The molecule has 2 rings (SSSR count). The lowest BCUT2D eigenvalue weighted by Crippen LogP contribution is -2.00. The summed E-state index contributed by atoms with van der Waals surface area (Å²) in [6, 6.07) is 9.81. The molecule has 0 amide bonds. The Hall–Kier alpha value is -2.33. The Balaban J connectivity index is 2.69. The van der Waals surface area contributed by atoms with E-state index in [9.17, 15) is 15.0 Å². The van der Waals surface area contributed by atoms with Crippen LogP contribution in [0.4, 0.5) is 0 Å². The second-order valence-electron chi connectivity index (χ2n) is 3.87. The zero-order chi connectivity index (χ0) is 13.1. The first kappa shape index (κ1) is 12.1. The highest BCUT2D eigenvalue weighted by atomic mass is 16.3. The van der Waals surface area contributed by atoms with Gasteiger partial charge in [-0.1, -0.05) is 24.3 Å². The Morgan fingerprint density at radius 3 is 2.39 bits per heavy atom. The summed E-state index contributed by atoms with van der Waals surface area (Å²) in [5, 5.41) is 19.7. The molecule has 18 heavy (non-hydrogen) atoms. The largest absolute Gasteiger partial charge is 0.508 e. The van der Waals surface area contributed by atoms with Gasteiger partial charge in [0, 0.05) is 17.7 Å². The van der Waals surface area contributed by atoms with Gasteiger partial charge in [-0.25, -0.2) is 0 Å². The Labute approximate surface area is 104 Å². The first-order valence-corrected chi connectivity index (χ1v) is 5.47. The Morgan fingerprint density at radius 1 is 1.06 bits per heavy atom. The van der Waals surface area contributed by atoms with Gasteiger partial charge in [-0.3, -0.25) is 4.79 Å². The molecule has 0 unspecified atom stereocenters. The van der Waals surface area contributed by atoms with E-state index >= 15 is 0 Å². The maximum absolute atomic E-state index is 10.8. The van der Waals surface area contributed by atoms with Crippen molar-refractivity contribution in [3.8, 4) is 22.6 Å². The molecule has 0 saturated carbocycles. The number of carbonyl (C=O) groups excluding carboxylic acids is 1. The van der Waals surface area contributed by atoms with Crippen LogP contribution < -0.4 is 5.73 Å². The molecule has 92 valence electrons.